The van der Waals surface area contributed by atoms with Gasteiger partial charge in [-0.1, -0.05) is 23.7 Å². The Morgan fingerprint density at radius 1 is 1.00 bits per heavy atom. The van der Waals surface area contributed by atoms with Gasteiger partial charge in [-0.15, -0.1) is 0 Å². The highest BCUT2D eigenvalue weighted by Gasteiger charge is 2.14. The summed E-state index contributed by atoms with van der Waals surface area (Å²) >= 11 is 6.43. The van der Waals surface area contributed by atoms with Crippen LogP contribution in [0, 0.1) is 6.92 Å². The standard InChI is InChI=1S/C26H27ClN6O/c1-18-4-3-5-23(27)22(18)17-33-24(34)11-6-19-16-28-26(30-25(19)33)29-20-7-9-21(10-8-20)32-14-12-31(2)13-15-32/h3-11,16H,12-15,17H2,1-2H3,(H,28,29,30). The predicted octanol–water partition coefficient (Wildman–Crippen LogP) is 4.30. The Hall–Kier alpha value is -3.42. The predicted molar refractivity (Wildman–Crippen MR) is 139 cm³/mol. The summed E-state index contributed by atoms with van der Waals surface area (Å²) in [7, 11) is 2.16. The van der Waals surface area contributed by atoms with Crippen LogP contribution >= 0.6 is 11.6 Å². The SMILES string of the molecule is Cc1cccc(Cl)c1Cn1c(=O)ccc2cnc(Nc3ccc(N4CCN(C)CC4)cc3)nc21. The smallest absolute Gasteiger partial charge is 0.252 e. The first-order valence-electron chi connectivity index (χ1n) is 11.4. The molecule has 1 saturated heterocycles. The van der Waals surface area contributed by atoms with Crippen molar-refractivity contribution in [3.8, 4) is 0 Å². The molecule has 3 heterocycles. The van der Waals surface area contributed by atoms with E-state index < -0.39 is 0 Å². The summed E-state index contributed by atoms with van der Waals surface area (Å²) < 4.78 is 1.65. The van der Waals surface area contributed by atoms with Gasteiger partial charge in [0.05, 0.1) is 6.54 Å². The van der Waals surface area contributed by atoms with Crippen molar-refractivity contribution < 1.29 is 0 Å². The quantitative estimate of drug-likeness (QED) is 0.465. The van der Waals surface area contributed by atoms with E-state index in [0.717, 1.165) is 48.4 Å². The molecule has 1 fully saturated rings. The summed E-state index contributed by atoms with van der Waals surface area (Å²) in [6.07, 6.45) is 1.73. The number of aryl methyl sites for hydroxylation is 1. The highest BCUT2D eigenvalue weighted by molar-refractivity contribution is 6.31. The molecule has 174 valence electrons. The molecule has 8 heteroatoms. The summed E-state index contributed by atoms with van der Waals surface area (Å²) in [6, 6.07) is 17.3. The summed E-state index contributed by atoms with van der Waals surface area (Å²) in [6.45, 7) is 6.53. The maximum Gasteiger partial charge on any atom is 0.252 e. The molecule has 1 N–H and O–H groups in total. The Labute approximate surface area is 203 Å². The molecule has 0 amide bonds. The van der Waals surface area contributed by atoms with E-state index in [0.29, 0.717) is 23.2 Å². The Balaban J connectivity index is 1.41. The third-order valence-corrected chi connectivity index (χ3v) is 6.74. The molecule has 0 radical (unpaired) electrons. The molecule has 0 saturated carbocycles. The first-order valence-corrected chi connectivity index (χ1v) is 11.8. The lowest BCUT2D eigenvalue weighted by Gasteiger charge is -2.34. The minimum atomic E-state index is -0.131. The molecule has 0 bridgehead atoms. The van der Waals surface area contributed by atoms with Crippen LogP contribution < -0.4 is 15.8 Å². The number of nitrogens with zero attached hydrogens (tertiary/aromatic N) is 5. The zero-order valence-electron chi connectivity index (χ0n) is 19.3. The van der Waals surface area contributed by atoms with Crippen LogP contribution in [0.5, 0.6) is 0 Å². The van der Waals surface area contributed by atoms with Crippen LogP contribution in [-0.4, -0.2) is 52.7 Å². The largest absolute Gasteiger partial charge is 0.369 e. The van der Waals surface area contributed by atoms with E-state index in [1.54, 1.807) is 22.9 Å². The van der Waals surface area contributed by atoms with E-state index in [4.69, 9.17) is 11.6 Å². The number of nitrogens with one attached hydrogen (secondary N) is 1. The Kier molecular flexibility index (Phi) is 6.22. The van der Waals surface area contributed by atoms with E-state index in [2.05, 4.69) is 44.3 Å². The molecule has 1 aliphatic heterocycles. The van der Waals surface area contributed by atoms with Crippen molar-refractivity contribution in [3.63, 3.8) is 0 Å². The molecular weight excluding hydrogens is 448 g/mol. The summed E-state index contributed by atoms with van der Waals surface area (Å²) in [5.74, 6) is 0.440. The average Bonchev–Trinajstić information content (AvgIpc) is 2.84. The fraction of sp³-hybridized carbons (Fsp3) is 0.269. The van der Waals surface area contributed by atoms with Gasteiger partial charge in [-0.25, -0.2) is 4.98 Å². The van der Waals surface area contributed by atoms with E-state index in [9.17, 15) is 4.79 Å². The van der Waals surface area contributed by atoms with Crippen molar-refractivity contribution in [2.75, 3.05) is 43.4 Å². The Bertz CT molecular complexity index is 1360. The molecule has 0 atom stereocenters. The van der Waals surface area contributed by atoms with E-state index in [1.165, 1.54) is 5.69 Å². The van der Waals surface area contributed by atoms with Crippen LogP contribution in [0.3, 0.4) is 0 Å². The zero-order valence-corrected chi connectivity index (χ0v) is 20.1. The summed E-state index contributed by atoms with van der Waals surface area (Å²) in [5, 5.41) is 4.70. The van der Waals surface area contributed by atoms with Gasteiger partial charge in [0, 0.05) is 60.2 Å². The number of piperazine rings is 1. The van der Waals surface area contributed by atoms with Crippen LogP contribution in [0.1, 0.15) is 11.1 Å². The highest BCUT2D eigenvalue weighted by Crippen LogP contribution is 2.23. The fourth-order valence-electron chi connectivity index (χ4n) is 4.26. The van der Waals surface area contributed by atoms with Crippen LogP contribution in [0.2, 0.25) is 5.02 Å². The minimum absolute atomic E-state index is 0.131. The number of anilines is 3. The van der Waals surface area contributed by atoms with Gasteiger partial charge >= 0.3 is 0 Å². The number of likely N-dealkylation sites (N-methyl/N-ethyl adjacent to an activating group) is 1. The number of hydrogen-bond donors (Lipinski definition) is 1. The van der Waals surface area contributed by atoms with Crippen molar-refractivity contribution >= 4 is 40.0 Å². The van der Waals surface area contributed by atoms with Crippen molar-refractivity contribution in [1.82, 2.24) is 19.4 Å². The van der Waals surface area contributed by atoms with Gasteiger partial charge in [0.15, 0.2) is 0 Å². The van der Waals surface area contributed by atoms with E-state index >= 15 is 0 Å². The topological polar surface area (TPSA) is 66.3 Å². The lowest BCUT2D eigenvalue weighted by atomic mass is 10.1. The Morgan fingerprint density at radius 3 is 2.50 bits per heavy atom. The van der Waals surface area contributed by atoms with Crippen LogP contribution in [0.15, 0.2) is 65.6 Å². The first-order chi connectivity index (χ1) is 16.5. The number of fused-ring (bicyclic) bond motifs is 1. The third kappa shape index (κ3) is 4.62. The normalized spacial score (nSPS) is 14.5. The van der Waals surface area contributed by atoms with Gasteiger partial charge in [0.2, 0.25) is 5.95 Å². The molecule has 5 rings (SSSR count). The monoisotopic (exact) mass is 474 g/mol. The number of benzene rings is 2. The second-order valence-electron chi connectivity index (χ2n) is 8.73. The third-order valence-electron chi connectivity index (χ3n) is 6.38. The van der Waals surface area contributed by atoms with Crippen molar-refractivity contribution in [1.29, 1.82) is 0 Å². The minimum Gasteiger partial charge on any atom is -0.369 e. The van der Waals surface area contributed by atoms with Crippen LogP contribution in [0.4, 0.5) is 17.3 Å². The molecule has 0 unspecified atom stereocenters. The van der Waals surface area contributed by atoms with E-state index in [1.807, 2.05) is 37.3 Å². The second kappa shape index (κ2) is 9.44. The molecule has 2 aromatic heterocycles. The Morgan fingerprint density at radius 2 is 1.76 bits per heavy atom. The van der Waals surface area contributed by atoms with Crippen molar-refractivity contribution in [2.24, 2.45) is 0 Å². The van der Waals surface area contributed by atoms with Gasteiger partial charge in [-0.05, 0) is 61.5 Å². The maximum atomic E-state index is 12.8. The molecule has 0 spiro atoms. The first kappa shape index (κ1) is 22.4. The summed E-state index contributed by atoms with van der Waals surface area (Å²) in [4.78, 5) is 26.7. The van der Waals surface area contributed by atoms with Gasteiger partial charge < -0.3 is 15.1 Å². The molecule has 34 heavy (non-hydrogen) atoms. The van der Waals surface area contributed by atoms with Gasteiger partial charge in [-0.3, -0.25) is 9.36 Å². The van der Waals surface area contributed by atoms with Crippen LogP contribution in [0.25, 0.3) is 11.0 Å². The second-order valence-corrected chi connectivity index (χ2v) is 9.13. The zero-order chi connectivity index (χ0) is 23.7. The van der Waals surface area contributed by atoms with Crippen LogP contribution in [-0.2, 0) is 6.54 Å². The molecule has 2 aromatic carbocycles. The number of rotatable bonds is 5. The lowest BCUT2D eigenvalue weighted by molar-refractivity contribution is 0.313. The summed E-state index contributed by atoms with van der Waals surface area (Å²) in [5.41, 5.74) is 4.48. The van der Waals surface area contributed by atoms with E-state index in [-0.39, 0.29) is 5.56 Å². The molecule has 1 aliphatic rings. The number of pyridine rings is 1. The van der Waals surface area contributed by atoms with Crippen molar-refractivity contribution in [3.05, 3.63) is 87.3 Å². The molecule has 0 aliphatic carbocycles. The molecular formula is C26H27ClN6O. The molecule has 4 aromatic rings. The average molecular weight is 475 g/mol. The number of aromatic nitrogens is 3. The number of hydrogen-bond acceptors (Lipinski definition) is 6. The highest BCUT2D eigenvalue weighted by atomic mass is 35.5. The number of halogens is 1. The maximum absolute atomic E-state index is 12.8. The van der Waals surface area contributed by atoms with Crippen molar-refractivity contribution in [2.45, 2.75) is 13.5 Å². The van der Waals surface area contributed by atoms with Gasteiger partial charge in [0.1, 0.15) is 5.65 Å². The lowest BCUT2D eigenvalue weighted by Crippen LogP contribution is -2.44. The fourth-order valence-corrected chi connectivity index (χ4v) is 4.54. The van der Waals surface area contributed by atoms with Gasteiger partial charge in [0.25, 0.3) is 5.56 Å². The molecule has 7 nitrogen and oxygen atoms in total. The van der Waals surface area contributed by atoms with Gasteiger partial charge in [-0.2, -0.15) is 4.98 Å².